The molecule has 0 saturated carbocycles. The average molecular weight is 357 g/mol. The van der Waals surface area contributed by atoms with Crippen LogP contribution in [0.15, 0.2) is 53.7 Å². The minimum Gasteiger partial charge on any atom is -0.494 e. The monoisotopic (exact) mass is 357 g/mol. The van der Waals surface area contributed by atoms with Crippen molar-refractivity contribution in [3.63, 3.8) is 0 Å². The second-order valence-corrected chi connectivity index (χ2v) is 6.23. The van der Waals surface area contributed by atoms with E-state index in [1.807, 2.05) is 41.9 Å². The van der Waals surface area contributed by atoms with Gasteiger partial charge in [0.15, 0.2) is 28.3 Å². The number of carbonyl (C=O) groups is 1. The predicted octanol–water partition coefficient (Wildman–Crippen LogP) is 3.60. The van der Waals surface area contributed by atoms with Gasteiger partial charge in [-0.05, 0) is 18.2 Å². The van der Waals surface area contributed by atoms with E-state index < -0.39 is 5.82 Å². The summed E-state index contributed by atoms with van der Waals surface area (Å²) < 4.78 is 20.4. The van der Waals surface area contributed by atoms with Crippen molar-refractivity contribution < 1.29 is 13.9 Å². The quantitative estimate of drug-likeness (QED) is 0.498. The largest absolute Gasteiger partial charge is 0.494 e. The lowest BCUT2D eigenvalue weighted by atomic mass is 10.1. The molecule has 0 aliphatic rings. The molecule has 3 aromatic rings. The fourth-order valence-corrected chi connectivity index (χ4v) is 3.14. The van der Waals surface area contributed by atoms with Gasteiger partial charge in [-0.2, -0.15) is 0 Å². The zero-order valence-electron chi connectivity index (χ0n) is 13.8. The van der Waals surface area contributed by atoms with E-state index in [0.29, 0.717) is 10.7 Å². The number of ketones is 1. The number of aromatic nitrogens is 3. The molecule has 0 atom stereocenters. The average Bonchev–Trinajstić information content (AvgIpc) is 3.01. The smallest absolute Gasteiger partial charge is 0.191 e. The Bertz CT molecular complexity index is 897. The Morgan fingerprint density at radius 1 is 1.20 bits per heavy atom. The lowest BCUT2D eigenvalue weighted by Crippen LogP contribution is -2.05. The van der Waals surface area contributed by atoms with Gasteiger partial charge >= 0.3 is 0 Å². The molecule has 0 N–H and O–H groups in total. The van der Waals surface area contributed by atoms with Crippen LogP contribution in [0, 0.1) is 5.82 Å². The van der Waals surface area contributed by atoms with Gasteiger partial charge in [0.1, 0.15) is 0 Å². The lowest BCUT2D eigenvalue weighted by molar-refractivity contribution is 0.102. The van der Waals surface area contributed by atoms with Crippen molar-refractivity contribution in [2.45, 2.75) is 5.16 Å². The maximum Gasteiger partial charge on any atom is 0.191 e. The van der Waals surface area contributed by atoms with E-state index in [4.69, 9.17) is 4.74 Å². The summed E-state index contributed by atoms with van der Waals surface area (Å²) in [6.45, 7) is 0. The molecule has 0 spiro atoms. The highest BCUT2D eigenvalue weighted by Crippen LogP contribution is 2.24. The Morgan fingerprint density at radius 2 is 1.96 bits per heavy atom. The molecular weight excluding hydrogens is 341 g/mol. The Balaban J connectivity index is 1.71. The molecule has 0 fully saturated rings. The number of methoxy groups -OCH3 is 1. The van der Waals surface area contributed by atoms with Crippen molar-refractivity contribution in [3.8, 4) is 17.1 Å². The summed E-state index contributed by atoms with van der Waals surface area (Å²) in [6, 6.07) is 13.9. The van der Waals surface area contributed by atoms with Crippen molar-refractivity contribution in [2.75, 3.05) is 12.9 Å². The normalized spacial score (nSPS) is 10.7. The zero-order chi connectivity index (χ0) is 17.8. The third-order valence-corrected chi connectivity index (χ3v) is 4.69. The fourth-order valence-electron chi connectivity index (χ4n) is 2.33. The van der Waals surface area contributed by atoms with Gasteiger partial charge in [0, 0.05) is 18.2 Å². The molecule has 1 aromatic heterocycles. The summed E-state index contributed by atoms with van der Waals surface area (Å²) in [5.41, 5.74) is 1.25. The number of carbonyl (C=O) groups excluding carboxylic acids is 1. The van der Waals surface area contributed by atoms with Crippen LogP contribution >= 0.6 is 11.8 Å². The van der Waals surface area contributed by atoms with E-state index in [9.17, 15) is 9.18 Å². The predicted molar refractivity (Wildman–Crippen MR) is 94.4 cm³/mol. The minimum absolute atomic E-state index is 0.116. The van der Waals surface area contributed by atoms with Gasteiger partial charge in [-0.15, -0.1) is 10.2 Å². The molecule has 5 nitrogen and oxygen atoms in total. The molecule has 128 valence electrons. The van der Waals surface area contributed by atoms with Gasteiger partial charge < -0.3 is 9.30 Å². The third-order valence-electron chi connectivity index (χ3n) is 3.67. The fraction of sp³-hybridized carbons (Fsp3) is 0.167. The summed E-state index contributed by atoms with van der Waals surface area (Å²) in [7, 11) is 3.23. The first-order valence-corrected chi connectivity index (χ1v) is 8.53. The first-order valence-electron chi connectivity index (χ1n) is 7.54. The number of benzene rings is 2. The van der Waals surface area contributed by atoms with E-state index >= 15 is 0 Å². The number of Topliss-reactive ketones (excluding diaryl/α,β-unsaturated/α-hetero) is 1. The highest BCUT2D eigenvalue weighted by atomic mass is 32.2. The summed E-state index contributed by atoms with van der Waals surface area (Å²) in [5.74, 6) is 0.252. The zero-order valence-corrected chi connectivity index (χ0v) is 14.6. The highest BCUT2D eigenvalue weighted by molar-refractivity contribution is 7.99. The van der Waals surface area contributed by atoms with E-state index in [1.165, 1.54) is 31.0 Å². The highest BCUT2D eigenvalue weighted by Gasteiger charge is 2.15. The van der Waals surface area contributed by atoms with E-state index in [1.54, 1.807) is 6.07 Å². The molecule has 0 unspecified atom stereocenters. The van der Waals surface area contributed by atoms with Crippen molar-refractivity contribution in [1.82, 2.24) is 14.8 Å². The van der Waals surface area contributed by atoms with Crippen LogP contribution in [0.25, 0.3) is 11.4 Å². The number of rotatable bonds is 6. The van der Waals surface area contributed by atoms with E-state index in [2.05, 4.69) is 10.2 Å². The van der Waals surface area contributed by atoms with Crippen molar-refractivity contribution in [1.29, 1.82) is 0 Å². The molecule has 0 radical (unpaired) electrons. The number of nitrogens with zero attached hydrogens (tertiary/aromatic N) is 3. The Kier molecular flexibility index (Phi) is 5.14. The SMILES string of the molecule is COc1ccc(C(=O)CSc2nnc(-c3ccccc3)n2C)cc1F. The Morgan fingerprint density at radius 3 is 2.64 bits per heavy atom. The second kappa shape index (κ2) is 7.48. The van der Waals surface area contributed by atoms with Gasteiger partial charge in [-0.25, -0.2) is 4.39 Å². The first kappa shape index (κ1) is 17.2. The van der Waals surface area contributed by atoms with Gasteiger partial charge in [0.05, 0.1) is 12.9 Å². The van der Waals surface area contributed by atoms with Gasteiger partial charge in [0.25, 0.3) is 0 Å². The maximum atomic E-state index is 13.7. The minimum atomic E-state index is -0.552. The number of ether oxygens (including phenoxy) is 1. The van der Waals surface area contributed by atoms with Crippen LogP contribution in [-0.2, 0) is 7.05 Å². The molecule has 3 rings (SSSR count). The van der Waals surface area contributed by atoms with Crippen LogP contribution in [0.5, 0.6) is 5.75 Å². The molecule has 0 saturated heterocycles. The maximum absolute atomic E-state index is 13.7. The summed E-state index contributed by atoms with van der Waals surface area (Å²) >= 11 is 1.27. The van der Waals surface area contributed by atoms with Crippen LogP contribution in [0.4, 0.5) is 4.39 Å². The van der Waals surface area contributed by atoms with E-state index in [-0.39, 0.29) is 17.3 Å². The molecule has 7 heteroatoms. The Hall–Kier alpha value is -2.67. The third kappa shape index (κ3) is 3.71. The summed E-state index contributed by atoms with van der Waals surface area (Å²) in [4.78, 5) is 12.3. The lowest BCUT2D eigenvalue weighted by Gasteiger charge is -2.05. The summed E-state index contributed by atoms with van der Waals surface area (Å²) in [6.07, 6.45) is 0. The van der Waals surface area contributed by atoms with Crippen molar-refractivity contribution >= 4 is 17.5 Å². The molecule has 25 heavy (non-hydrogen) atoms. The number of hydrogen-bond donors (Lipinski definition) is 0. The molecule has 0 aliphatic carbocycles. The van der Waals surface area contributed by atoms with Gasteiger partial charge in [0.2, 0.25) is 0 Å². The van der Waals surface area contributed by atoms with Crippen LogP contribution in [0.2, 0.25) is 0 Å². The molecule has 0 bridgehead atoms. The molecule has 0 amide bonds. The summed E-state index contributed by atoms with van der Waals surface area (Å²) in [5, 5.41) is 8.94. The topological polar surface area (TPSA) is 57.0 Å². The second-order valence-electron chi connectivity index (χ2n) is 5.29. The number of hydrogen-bond acceptors (Lipinski definition) is 5. The molecule has 1 heterocycles. The van der Waals surface area contributed by atoms with Crippen LogP contribution in [-0.4, -0.2) is 33.4 Å². The number of halogens is 1. The van der Waals surface area contributed by atoms with Gasteiger partial charge in [-0.3, -0.25) is 4.79 Å². The van der Waals surface area contributed by atoms with E-state index in [0.717, 1.165) is 11.4 Å². The van der Waals surface area contributed by atoms with Crippen LogP contribution in [0.1, 0.15) is 10.4 Å². The van der Waals surface area contributed by atoms with Crippen molar-refractivity contribution in [3.05, 3.63) is 59.9 Å². The first-order chi connectivity index (χ1) is 12.1. The Labute approximate surface area is 148 Å². The van der Waals surface area contributed by atoms with Crippen LogP contribution in [0.3, 0.4) is 0 Å². The van der Waals surface area contributed by atoms with Crippen LogP contribution < -0.4 is 4.74 Å². The molecular formula is C18H16FN3O2S. The standard InChI is InChI=1S/C18H16FN3O2S/c1-22-17(12-6-4-3-5-7-12)20-21-18(22)25-11-15(23)13-8-9-16(24-2)14(19)10-13/h3-10H,11H2,1-2H3. The van der Waals surface area contributed by atoms with Crippen molar-refractivity contribution in [2.24, 2.45) is 7.05 Å². The molecule has 2 aromatic carbocycles. The number of thioether (sulfide) groups is 1. The van der Waals surface area contributed by atoms with Gasteiger partial charge in [-0.1, -0.05) is 42.1 Å². The molecule has 0 aliphatic heterocycles.